The first-order chi connectivity index (χ1) is 9.18. The molecule has 2 atom stereocenters. The van der Waals surface area contributed by atoms with E-state index >= 15 is 0 Å². The molecule has 0 radical (unpaired) electrons. The molecule has 0 fully saturated rings. The largest absolute Gasteiger partial charge is 0.305 e. The fourth-order valence-corrected chi connectivity index (χ4v) is 2.88. The third-order valence-corrected chi connectivity index (χ3v) is 3.85. The number of nitrogens with one attached hydrogen (secondary N) is 1. The number of benzene rings is 2. The van der Waals surface area contributed by atoms with Crippen LogP contribution in [0.2, 0.25) is 0 Å². The Balaban J connectivity index is 2.05. The minimum absolute atomic E-state index is 0.0185. The molecule has 19 heavy (non-hydrogen) atoms. The number of hydrogen-bond acceptors (Lipinski definition) is 1. The zero-order chi connectivity index (χ0) is 13.4. The van der Waals surface area contributed by atoms with E-state index in [0.29, 0.717) is 12.1 Å². The maximum Gasteiger partial charge on any atom is 0.162 e. The Morgan fingerprint density at radius 2 is 1.79 bits per heavy atom. The van der Waals surface area contributed by atoms with Crippen LogP contribution in [-0.4, -0.2) is 0 Å². The van der Waals surface area contributed by atoms with Gasteiger partial charge in [0, 0.05) is 24.1 Å². The first kappa shape index (κ1) is 12.3. The van der Waals surface area contributed by atoms with Crippen molar-refractivity contribution in [2.45, 2.75) is 25.4 Å². The molecule has 0 bridgehead atoms. The molecule has 1 aliphatic rings. The van der Waals surface area contributed by atoms with E-state index in [2.05, 4.69) is 5.32 Å². The molecule has 2 aromatic carbocycles. The summed E-state index contributed by atoms with van der Waals surface area (Å²) in [4.78, 5) is 0. The van der Waals surface area contributed by atoms with Gasteiger partial charge in [0.15, 0.2) is 11.6 Å². The number of halogens is 2. The van der Waals surface area contributed by atoms with Gasteiger partial charge in [-0.05, 0) is 17.2 Å². The monoisotopic (exact) mass is 259 g/mol. The molecule has 0 aromatic heterocycles. The first-order valence-corrected chi connectivity index (χ1v) is 6.43. The molecule has 3 heteroatoms. The Morgan fingerprint density at radius 1 is 1.05 bits per heavy atom. The van der Waals surface area contributed by atoms with Crippen molar-refractivity contribution in [2.75, 3.05) is 0 Å². The lowest BCUT2D eigenvalue weighted by molar-refractivity contribution is 0.403. The van der Waals surface area contributed by atoms with E-state index < -0.39 is 11.6 Å². The molecule has 1 nitrogen and oxygen atoms in total. The van der Waals surface area contributed by atoms with Gasteiger partial charge >= 0.3 is 0 Å². The van der Waals surface area contributed by atoms with Gasteiger partial charge in [-0.25, -0.2) is 8.78 Å². The van der Waals surface area contributed by atoms with E-state index in [0.717, 1.165) is 11.1 Å². The second-order valence-electron chi connectivity index (χ2n) is 4.99. The van der Waals surface area contributed by atoms with Crippen LogP contribution in [0.1, 0.15) is 35.6 Å². The Labute approximate surface area is 111 Å². The van der Waals surface area contributed by atoms with Crippen molar-refractivity contribution in [1.29, 1.82) is 0 Å². The van der Waals surface area contributed by atoms with Crippen LogP contribution in [0.5, 0.6) is 0 Å². The van der Waals surface area contributed by atoms with Gasteiger partial charge in [0.2, 0.25) is 0 Å². The highest BCUT2D eigenvalue weighted by Crippen LogP contribution is 2.38. The van der Waals surface area contributed by atoms with Crippen molar-refractivity contribution in [1.82, 2.24) is 5.32 Å². The molecule has 3 rings (SSSR count). The fraction of sp³-hybridized carbons (Fsp3) is 0.250. The lowest BCUT2D eigenvalue weighted by Crippen LogP contribution is -2.32. The zero-order valence-corrected chi connectivity index (χ0v) is 10.7. The van der Waals surface area contributed by atoms with Crippen LogP contribution < -0.4 is 5.32 Å². The van der Waals surface area contributed by atoms with Gasteiger partial charge in [-0.3, -0.25) is 0 Å². The molecule has 98 valence electrons. The van der Waals surface area contributed by atoms with E-state index in [1.165, 1.54) is 6.07 Å². The molecule has 0 amide bonds. The molecule has 0 saturated heterocycles. The highest BCUT2D eigenvalue weighted by atomic mass is 19.2. The zero-order valence-electron chi connectivity index (χ0n) is 10.7. The highest BCUT2D eigenvalue weighted by molar-refractivity contribution is 5.38. The summed E-state index contributed by atoms with van der Waals surface area (Å²) in [5.41, 5.74) is 2.45. The third-order valence-electron chi connectivity index (χ3n) is 3.85. The van der Waals surface area contributed by atoms with Crippen molar-refractivity contribution < 1.29 is 8.78 Å². The molecule has 1 heterocycles. The maximum atomic E-state index is 14.0. The van der Waals surface area contributed by atoms with Crippen LogP contribution in [0.3, 0.4) is 0 Å². The summed E-state index contributed by atoms with van der Waals surface area (Å²) >= 11 is 0. The van der Waals surface area contributed by atoms with Crippen molar-refractivity contribution in [3.8, 4) is 0 Å². The Kier molecular flexibility index (Phi) is 3.07. The van der Waals surface area contributed by atoms with Crippen LogP contribution in [0.25, 0.3) is 0 Å². The molecular weight excluding hydrogens is 244 g/mol. The molecule has 1 N–H and O–H groups in total. The quantitative estimate of drug-likeness (QED) is 0.818. The van der Waals surface area contributed by atoms with Crippen LogP contribution in [-0.2, 0) is 6.54 Å². The van der Waals surface area contributed by atoms with Gasteiger partial charge in [0.1, 0.15) is 0 Å². The smallest absolute Gasteiger partial charge is 0.162 e. The lowest BCUT2D eigenvalue weighted by atomic mass is 9.82. The van der Waals surface area contributed by atoms with Crippen LogP contribution in [0.4, 0.5) is 8.78 Å². The Morgan fingerprint density at radius 3 is 2.53 bits per heavy atom. The molecular formula is C16H15F2N. The fourth-order valence-electron chi connectivity index (χ4n) is 2.88. The average molecular weight is 259 g/mol. The summed E-state index contributed by atoms with van der Waals surface area (Å²) < 4.78 is 27.4. The Bertz CT molecular complexity index is 595. The van der Waals surface area contributed by atoms with Gasteiger partial charge in [-0.15, -0.1) is 0 Å². The first-order valence-electron chi connectivity index (χ1n) is 6.43. The van der Waals surface area contributed by atoms with Gasteiger partial charge in [-0.1, -0.05) is 43.3 Å². The van der Waals surface area contributed by atoms with Crippen LogP contribution in [0, 0.1) is 11.6 Å². The van der Waals surface area contributed by atoms with Crippen molar-refractivity contribution in [2.24, 2.45) is 0 Å². The second-order valence-corrected chi connectivity index (χ2v) is 4.99. The topological polar surface area (TPSA) is 12.0 Å². The molecule has 2 aromatic rings. The van der Waals surface area contributed by atoms with Gasteiger partial charge in [0.05, 0.1) is 0 Å². The minimum atomic E-state index is -0.765. The molecule has 2 unspecified atom stereocenters. The SMILES string of the molecule is CC1c2c(ccc(F)c2F)CNC1c1ccccc1. The summed E-state index contributed by atoms with van der Waals surface area (Å²) in [6.45, 7) is 2.50. The maximum absolute atomic E-state index is 14.0. The molecule has 1 aliphatic heterocycles. The standard InChI is InChI=1S/C16H15F2N/c1-10-14-12(7-8-13(17)15(14)18)9-19-16(10)11-5-3-2-4-6-11/h2-8,10,16,19H,9H2,1H3. The summed E-state index contributed by atoms with van der Waals surface area (Å²) in [6.07, 6.45) is 0. The van der Waals surface area contributed by atoms with Gasteiger partial charge in [-0.2, -0.15) is 0 Å². The van der Waals surface area contributed by atoms with E-state index in [9.17, 15) is 8.78 Å². The number of hydrogen-bond donors (Lipinski definition) is 1. The predicted octanol–water partition coefficient (Wildman–Crippen LogP) is 3.91. The number of fused-ring (bicyclic) bond motifs is 1. The van der Waals surface area contributed by atoms with Crippen molar-refractivity contribution in [3.05, 3.63) is 70.8 Å². The highest BCUT2D eigenvalue weighted by Gasteiger charge is 2.30. The van der Waals surface area contributed by atoms with Crippen molar-refractivity contribution in [3.63, 3.8) is 0 Å². The molecule has 0 spiro atoms. The van der Waals surface area contributed by atoms with Crippen molar-refractivity contribution >= 4 is 0 Å². The Hall–Kier alpha value is -1.74. The van der Waals surface area contributed by atoms with E-state index in [4.69, 9.17) is 0 Å². The van der Waals surface area contributed by atoms with Gasteiger partial charge in [0.25, 0.3) is 0 Å². The summed E-state index contributed by atoms with van der Waals surface area (Å²) in [7, 11) is 0. The lowest BCUT2D eigenvalue weighted by Gasteiger charge is -2.33. The normalized spacial score (nSPS) is 22.1. The number of rotatable bonds is 1. The average Bonchev–Trinajstić information content (AvgIpc) is 2.44. The molecule has 0 saturated carbocycles. The van der Waals surface area contributed by atoms with Crippen LogP contribution >= 0.6 is 0 Å². The van der Waals surface area contributed by atoms with Gasteiger partial charge < -0.3 is 5.32 Å². The third kappa shape index (κ3) is 2.04. The summed E-state index contributed by atoms with van der Waals surface area (Å²) in [6, 6.07) is 12.8. The minimum Gasteiger partial charge on any atom is -0.305 e. The second kappa shape index (κ2) is 4.74. The van der Waals surface area contributed by atoms with Crippen LogP contribution in [0.15, 0.2) is 42.5 Å². The summed E-state index contributed by atoms with van der Waals surface area (Å²) in [5, 5.41) is 3.40. The van der Waals surface area contributed by atoms with E-state index in [-0.39, 0.29) is 12.0 Å². The van der Waals surface area contributed by atoms with E-state index in [1.807, 2.05) is 37.3 Å². The predicted molar refractivity (Wildman–Crippen MR) is 70.8 cm³/mol. The van der Waals surface area contributed by atoms with E-state index in [1.54, 1.807) is 6.07 Å². The summed E-state index contributed by atoms with van der Waals surface area (Å²) in [5.74, 6) is -1.56. The molecule has 0 aliphatic carbocycles.